The van der Waals surface area contributed by atoms with Crippen molar-refractivity contribution in [1.29, 1.82) is 0 Å². The van der Waals surface area contributed by atoms with Crippen molar-refractivity contribution in [2.24, 2.45) is 16.7 Å². The fraction of sp³-hybridized carbons (Fsp3) is 0.917. The quantitative estimate of drug-likeness (QED) is 0.729. The Kier molecular flexibility index (Phi) is 5.27. The van der Waals surface area contributed by atoms with Crippen LogP contribution in [0.4, 0.5) is 0 Å². The fourth-order valence-corrected chi connectivity index (χ4v) is 2.40. The molecule has 0 saturated heterocycles. The van der Waals surface area contributed by atoms with Gasteiger partial charge in [-0.2, -0.15) is 0 Å². The lowest BCUT2D eigenvalue weighted by atomic mass is 10.0. The zero-order valence-electron chi connectivity index (χ0n) is 11.0. The molecule has 0 spiro atoms. The van der Waals surface area contributed by atoms with Crippen LogP contribution >= 0.6 is 12.4 Å². The van der Waals surface area contributed by atoms with Crippen LogP contribution in [0.1, 0.15) is 34.6 Å². The molecule has 0 radical (unpaired) electrons. The number of nitrogens with one attached hydrogen (secondary N) is 2. The summed E-state index contributed by atoms with van der Waals surface area (Å²) in [6, 6.07) is 0. The monoisotopic (exact) mass is 248 g/mol. The molecular weight excluding hydrogens is 224 g/mol. The van der Waals surface area contributed by atoms with Crippen LogP contribution in [0.25, 0.3) is 0 Å². The summed E-state index contributed by atoms with van der Waals surface area (Å²) in [6.45, 7) is 13.3. The van der Waals surface area contributed by atoms with Crippen molar-refractivity contribution in [2.45, 2.75) is 34.6 Å². The molecule has 0 heterocycles. The van der Waals surface area contributed by atoms with E-state index in [1.165, 1.54) is 0 Å². The van der Waals surface area contributed by atoms with E-state index >= 15 is 0 Å². The minimum atomic E-state index is 0. The highest BCUT2D eigenvalue weighted by molar-refractivity contribution is 5.85. The number of amides is 1. The number of rotatable bonds is 5. The minimum absolute atomic E-state index is 0. The molecule has 0 bridgehead atoms. The van der Waals surface area contributed by atoms with Gasteiger partial charge in [0.05, 0.1) is 0 Å². The molecule has 0 aliphatic heterocycles. The van der Waals surface area contributed by atoms with Crippen molar-refractivity contribution < 1.29 is 4.79 Å². The first kappa shape index (κ1) is 15.7. The van der Waals surface area contributed by atoms with E-state index in [4.69, 9.17) is 0 Å². The van der Waals surface area contributed by atoms with Crippen LogP contribution in [0.2, 0.25) is 0 Å². The summed E-state index contributed by atoms with van der Waals surface area (Å²) < 4.78 is 0. The van der Waals surface area contributed by atoms with Gasteiger partial charge >= 0.3 is 0 Å². The zero-order valence-corrected chi connectivity index (χ0v) is 11.8. The van der Waals surface area contributed by atoms with E-state index in [-0.39, 0.29) is 35.1 Å². The van der Waals surface area contributed by atoms with Gasteiger partial charge in [-0.05, 0) is 17.4 Å². The molecule has 1 amide bonds. The van der Waals surface area contributed by atoms with Crippen molar-refractivity contribution in [3.8, 4) is 0 Å². The third-order valence-corrected chi connectivity index (χ3v) is 4.13. The Labute approximate surface area is 105 Å². The highest BCUT2D eigenvalue weighted by atomic mass is 35.5. The number of carbonyl (C=O) groups is 1. The van der Waals surface area contributed by atoms with Gasteiger partial charge in [0, 0.05) is 19.0 Å². The van der Waals surface area contributed by atoms with Crippen LogP contribution in [0.15, 0.2) is 0 Å². The Morgan fingerprint density at radius 3 is 2.00 bits per heavy atom. The van der Waals surface area contributed by atoms with E-state index in [9.17, 15) is 4.79 Å². The standard InChI is InChI=1S/C12H24N2O.ClH/c1-6-13-7-8-14-10(15)9-11(2,3)12(9,4)5;/h9,13H,6-8H2,1-5H3,(H,14,15);1H. The molecule has 1 aliphatic carbocycles. The highest BCUT2D eigenvalue weighted by Crippen LogP contribution is 2.68. The summed E-state index contributed by atoms with van der Waals surface area (Å²) in [6.07, 6.45) is 0. The molecule has 96 valence electrons. The molecule has 4 heteroatoms. The molecule has 2 N–H and O–H groups in total. The Morgan fingerprint density at radius 2 is 1.62 bits per heavy atom. The van der Waals surface area contributed by atoms with Gasteiger partial charge in [0.2, 0.25) is 5.91 Å². The topological polar surface area (TPSA) is 41.1 Å². The van der Waals surface area contributed by atoms with Crippen molar-refractivity contribution in [2.75, 3.05) is 19.6 Å². The average molecular weight is 249 g/mol. The van der Waals surface area contributed by atoms with Gasteiger partial charge in [-0.1, -0.05) is 34.6 Å². The Hall–Kier alpha value is -0.280. The van der Waals surface area contributed by atoms with Gasteiger partial charge in [-0.3, -0.25) is 4.79 Å². The lowest BCUT2D eigenvalue weighted by molar-refractivity contribution is -0.123. The molecule has 1 fully saturated rings. The second kappa shape index (κ2) is 5.37. The Morgan fingerprint density at radius 1 is 1.12 bits per heavy atom. The zero-order chi connectivity index (χ0) is 11.7. The summed E-state index contributed by atoms with van der Waals surface area (Å²) in [7, 11) is 0. The summed E-state index contributed by atoms with van der Waals surface area (Å²) in [5.74, 6) is 0.384. The number of carbonyl (C=O) groups excluding carboxylic acids is 1. The highest BCUT2D eigenvalue weighted by Gasteiger charge is 2.68. The maximum Gasteiger partial charge on any atom is 0.224 e. The lowest BCUT2D eigenvalue weighted by Crippen LogP contribution is -2.33. The van der Waals surface area contributed by atoms with Gasteiger partial charge in [0.1, 0.15) is 0 Å². The minimum Gasteiger partial charge on any atom is -0.355 e. The van der Waals surface area contributed by atoms with Crippen molar-refractivity contribution in [3.63, 3.8) is 0 Å². The van der Waals surface area contributed by atoms with E-state index in [2.05, 4.69) is 45.3 Å². The van der Waals surface area contributed by atoms with Gasteiger partial charge in [-0.25, -0.2) is 0 Å². The second-order valence-electron chi connectivity index (χ2n) is 5.52. The predicted octanol–water partition coefficient (Wildman–Crippen LogP) is 1.82. The maximum absolute atomic E-state index is 11.9. The van der Waals surface area contributed by atoms with Gasteiger partial charge in [-0.15, -0.1) is 12.4 Å². The molecule has 1 rings (SSSR count). The number of halogens is 1. The normalized spacial score (nSPS) is 21.1. The molecular formula is C12H25ClN2O. The predicted molar refractivity (Wildman–Crippen MR) is 69.9 cm³/mol. The third-order valence-electron chi connectivity index (χ3n) is 4.13. The Bertz CT molecular complexity index is 237. The molecule has 16 heavy (non-hydrogen) atoms. The van der Waals surface area contributed by atoms with Crippen LogP contribution in [0, 0.1) is 16.7 Å². The molecule has 1 aliphatic rings. The smallest absolute Gasteiger partial charge is 0.224 e. The molecule has 0 aromatic rings. The second-order valence-corrected chi connectivity index (χ2v) is 5.52. The van der Waals surface area contributed by atoms with Crippen molar-refractivity contribution in [1.82, 2.24) is 10.6 Å². The molecule has 0 aromatic carbocycles. The van der Waals surface area contributed by atoms with Gasteiger partial charge in [0.25, 0.3) is 0 Å². The molecule has 0 atom stereocenters. The van der Waals surface area contributed by atoms with E-state index < -0.39 is 0 Å². The van der Waals surface area contributed by atoms with Gasteiger partial charge < -0.3 is 10.6 Å². The Balaban J connectivity index is 0.00000225. The SMILES string of the molecule is CCNCCNC(=O)C1C(C)(C)C1(C)C.Cl. The summed E-state index contributed by atoms with van der Waals surface area (Å²) >= 11 is 0. The molecule has 3 nitrogen and oxygen atoms in total. The van der Waals surface area contributed by atoms with Crippen molar-refractivity contribution in [3.05, 3.63) is 0 Å². The maximum atomic E-state index is 11.9. The van der Waals surface area contributed by atoms with Crippen LogP contribution in [-0.4, -0.2) is 25.5 Å². The van der Waals surface area contributed by atoms with Crippen LogP contribution < -0.4 is 10.6 Å². The number of hydrogen-bond acceptors (Lipinski definition) is 2. The van der Waals surface area contributed by atoms with E-state index in [1.54, 1.807) is 0 Å². The largest absolute Gasteiger partial charge is 0.355 e. The summed E-state index contributed by atoms with van der Waals surface area (Å²) in [4.78, 5) is 11.9. The first-order chi connectivity index (χ1) is 6.85. The fourth-order valence-electron chi connectivity index (χ4n) is 2.40. The number of likely N-dealkylation sites (N-methyl/N-ethyl adjacent to an activating group) is 1. The van der Waals surface area contributed by atoms with E-state index in [1.807, 2.05) is 0 Å². The average Bonchev–Trinajstić information content (AvgIpc) is 2.51. The molecule has 1 saturated carbocycles. The van der Waals surface area contributed by atoms with E-state index in [0.717, 1.165) is 19.6 Å². The van der Waals surface area contributed by atoms with E-state index in [0.29, 0.717) is 0 Å². The molecule has 0 aromatic heterocycles. The van der Waals surface area contributed by atoms with Crippen molar-refractivity contribution >= 4 is 18.3 Å². The first-order valence-electron chi connectivity index (χ1n) is 5.84. The lowest BCUT2D eigenvalue weighted by Gasteiger charge is -2.06. The summed E-state index contributed by atoms with van der Waals surface area (Å²) in [5, 5.41) is 6.18. The number of hydrogen-bond donors (Lipinski definition) is 2. The third kappa shape index (κ3) is 2.69. The summed E-state index contributed by atoms with van der Waals surface area (Å²) in [5.41, 5.74) is 0.296. The first-order valence-corrected chi connectivity index (χ1v) is 5.84. The van der Waals surface area contributed by atoms with Crippen LogP contribution in [0.5, 0.6) is 0 Å². The van der Waals surface area contributed by atoms with Crippen LogP contribution in [0.3, 0.4) is 0 Å². The van der Waals surface area contributed by atoms with Gasteiger partial charge in [0.15, 0.2) is 0 Å². The van der Waals surface area contributed by atoms with Crippen LogP contribution in [-0.2, 0) is 4.79 Å². The molecule has 0 unspecified atom stereocenters.